The first-order valence-electron chi connectivity index (χ1n) is 8.27. The molecular weight excluding hydrogens is 312 g/mol. The number of benzene rings is 1. The lowest BCUT2D eigenvalue weighted by molar-refractivity contribution is 0.0110. The van der Waals surface area contributed by atoms with Gasteiger partial charge >= 0.3 is 6.09 Å². The fourth-order valence-corrected chi connectivity index (χ4v) is 3.63. The summed E-state index contributed by atoms with van der Waals surface area (Å²) in [5.74, 6) is 0. The highest BCUT2D eigenvalue weighted by Gasteiger charge is 2.39. The van der Waals surface area contributed by atoms with E-state index in [2.05, 4.69) is 11.4 Å². The average molecular weight is 337 g/mol. The van der Waals surface area contributed by atoms with E-state index < -0.39 is 5.60 Å². The van der Waals surface area contributed by atoms with Crippen LogP contribution in [0.5, 0.6) is 0 Å². The van der Waals surface area contributed by atoms with Gasteiger partial charge in [0.2, 0.25) is 0 Å². The zero-order valence-corrected chi connectivity index (χ0v) is 14.9. The lowest BCUT2D eigenvalue weighted by Gasteiger charge is -2.45. The van der Waals surface area contributed by atoms with Gasteiger partial charge in [0.25, 0.3) is 0 Å². The topological polar surface area (TPSA) is 41.6 Å². The van der Waals surface area contributed by atoms with Gasteiger partial charge in [-0.2, -0.15) is 0 Å². The number of nitrogens with one attached hydrogen (secondary N) is 1. The number of ether oxygens (including phenoxy) is 1. The summed E-state index contributed by atoms with van der Waals surface area (Å²) in [7, 11) is 0. The van der Waals surface area contributed by atoms with E-state index in [4.69, 9.17) is 16.3 Å². The Hall–Kier alpha value is -1.42. The van der Waals surface area contributed by atoms with Gasteiger partial charge < -0.3 is 15.0 Å². The van der Waals surface area contributed by atoms with E-state index >= 15 is 0 Å². The Morgan fingerprint density at radius 2 is 2.00 bits per heavy atom. The number of piperidine rings is 1. The SMILES string of the molecule is CC(C)(C)OC(=O)N1CCC2(CC1)CNc1cc(Cl)ccc1C2. The third-order valence-electron chi connectivity index (χ3n) is 4.77. The number of carbonyl (C=O) groups excluding carboxylic acids is 1. The van der Waals surface area contributed by atoms with Crippen LogP contribution in [-0.2, 0) is 11.2 Å². The summed E-state index contributed by atoms with van der Waals surface area (Å²) in [5.41, 5.74) is 2.28. The van der Waals surface area contributed by atoms with E-state index in [9.17, 15) is 4.79 Å². The monoisotopic (exact) mass is 336 g/mol. The lowest BCUT2D eigenvalue weighted by Crippen LogP contribution is -2.49. The molecule has 2 heterocycles. The van der Waals surface area contributed by atoms with Crippen molar-refractivity contribution in [1.29, 1.82) is 0 Å². The number of rotatable bonds is 0. The fraction of sp³-hybridized carbons (Fsp3) is 0.611. The van der Waals surface area contributed by atoms with Gasteiger partial charge in [-0.3, -0.25) is 0 Å². The van der Waals surface area contributed by atoms with Crippen LogP contribution in [0.1, 0.15) is 39.2 Å². The Kier molecular flexibility index (Phi) is 4.21. The van der Waals surface area contributed by atoms with Gasteiger partial charge in [0, 0.05) is 30.3 Å². The molecule has 1 N–H and O–H groups in total. The maximum atomic E-state index is 12.2. The van der Waals surface area contributed by atoms with Crippen molar-refractivity contribution in [3.63, 3.8) is 0 Å². The molecule has 5 heteroatoms. The molecule has 3 rings (SSSR count). The Morgan fingerprint density at radius 3 is 2.65 bits per heavy atom. The number of anilines is 1. The van der Waals surface area contributed by atoms with Crippen LogP contribution in [0.3, 0.4) is 0 Å². The van der Waals surface area contributed by atoms with Gasteiger partial charge in [-0.05, 0) is 63.1 Å². The van der Waals surface area contributed by atoms with Crippen molar-refractivity contribution >= 4 is 23.4 Å². The minimum Gasteiger partial charge on any atom is -0.444 e. The highest BCUT2D eigenvalue weighted by molar-refractivity contribution is 6.30. The normalized spacial score (nSPS) is 19.9. The molecule has 2 aliphatic heterocycles. The second-order valence-corrected chi connectivity index (χ2v) is 8.24. The molecule has 1 amide bonds. The van der Waals surface area contributed by atoms with Crippen molar-refractivity contribution in [2.45, 2.75) is 45.6 Å². The fourth-order valence-electron chi connectivity index (χ4n) is 3.46. The first-order chi connectivity index (χ1) is 10.8. The molecule has 1 fully saturated rings. The second kappa shape index (κ2) is 5.90. The molecule has 2 aliphatic rings. The van der Waals surface area contributed by atoms with Crippen molar-refractivity contribution in [2.75, 3.05) is 25.0 Å². The third kappa shape index (κ3) is 3.74. The van der Waals surface area contributed by atoms with Crippen LogP contribution in [0.15, 0.2) is 18.2 Å². The lowest BCUT2D eigenvalue weighted by atomic mass is 9.71. The van der Waals surface area contributed by atoms with Crippen LogP contribution in [0.25, 0.3) is 0 Å². The molecule has 0 atom stereocenters. The summed E-state index contributed by atoms with van der Waals surface area (Å²) < 4.78 is 5.48. The van der Waals surface area contributed by atoms with E-state index in [0.717, 1.165) is 49.6 Å². The minimum absolute atomic E-state index is 0.191. The van der Waals surface area contributed by atoms with Crippen molar-refractivity contribution in [3.8, 4) is 0 Å². The van der Waals surface area contributed by atoms with E-state index in [-0.39, 0.29) is 11.5 Å². The Bertz CT molecular complexity index is 602. The standard InChI is InChI=1S/C18H25ClN2O2/c1-17(2,3)23-16(22)21-8-6-18(7-9-21)11-13-4-5-14(19)10-15(13)20-12-18/h4-5,10,20H,6-9,11-12H2,1-3H3. The molecule has 23 heavy (non-hydrogen) atoms. The van der Waals surface area contributed by atoms with Crippen LogP contribution in [0.2, 0.25) is 5.02 Å². The van der Waals surface area contributed by atoms with Crippen LogP contribution in [0.4, 0.5) is 10.5 Å². The maximum Gasteiger partial charge on any atom is 0.410 e. The predicted octanol–water partition coefficient (Wildman–Crippen LogP) is 4.33. The number of fused-ring (bicyclic) bond motifs is 1. The number of halogens is 1. The maximum absolute atomic E-state index is 12.2. The molecule has 1 spiro atoms. The summed E-state index contributed by atoms with van der Waals surface area (Å²) in [6.45, 7) is 8.19. The molecule has 0 radical (unpaired) electrons. The van der Waals surface area contributed by atoms with Crippen molar-refractivity contribution in [3.05, 3.63) is 28.8 Å². The minimum atomic E-state index is -0.434. The van der Waals surface area contributed by atoms with Crippen LogP contribution < -0.4 is 5.32 Å². The molecule has 0 saturated carbocycles. The van der Waals surface area contributed by atoms with E-state index in [1.54, 1.807) is 0 Å². The van der Waals surface area contributed by atoms with Gasteiger partial charge in [-0.1, -0.05) is 17.7 Å². The number of likely N-dealkylation sites (tertiary alicyclic amines) is 1. The number of nitrogens with zero attached hydrogens (tertiary/aromatic N) is 1. The Labute approximate surface area is 143 Å². The van der Waals surface area contributed by atoms with Gasteiger partial charge in [0.1, 0.15) is 5.60 Å². The molecule has 0 unspecified atom stereocenters. The molecule has 0 bridgehead atoms. The van der Waals surface area contributed by atoms with Crippen molar-refractivity contribution < 1.29 is 9.53 Å². The number of hydrogen-bond donors (Lipinski definition) is 1. The molecule has 4 nitrogen and oxygen atoms in total. The quantitative estimate of drug-likeness (QED) is 0.767. The second-order valence-electron chi connectivity index (χ2n) is 7.80. The van der Waals surface area contributed by atoms with Gasteiger partial charge in [-0.25, -0.2) is 4.79 Å². The van der Waals surface area contributed by atoms with E-state index in [0.29, 0.717) is 0 Å². The Morgan fingerprint density at radius 1 is 1.30 bits per heavy atom. The Balaban J connectivity index is 1.63. The zero-order chi connectivity index (χ0) is 16.7. The summed E-state index contributed by atoms with van der Waals surface area (Å²) in [5, 5.41) is 4.30. The highest BCUT2D eigenvalue weighted by atomic mass is 35.5. The molecule has 0 aliphatic carbocycles. The first-order valence-corrected chi connectivity index (χ1v) is 8.64. The summed E-state index contributed by atoms with van der Waals surface area (Å²) in [4.78, 5) is 14.0. The van der Waals surface area contributed by atoms with E-state index in [1.165, 1.54) is 5.56 Å². The van der Waals surface area contributed by atoms with Crippen molar-refractivity contribution in [2.24, 2.45) is 5.41 Å². The molecule has 1 aromatic carbocycles. The first kappa shape index (κ1) is 16.4. The van der Waals surface area contributed by atoms with Gasteiger partial charge in [0.15, 0.2) is 0 Å². The number of amides is 1. The number of hydrogen-bond acceptors (Lipinski definition) is 3. The van der Waals surface area contributed by atoms with Crippen LogP contribution in [-0.4, -0.2) is 36.2 Å². The third-order valence-corrected chi connectivity index (χ3v) is 5.00. The molecule has 1 aromatic rings. The van der Waals surface area contributed by atoms with Crippen LogP contribution in [0, 0.1) is 5.41 Å². The molecular formula is C18H25ClN2O2. The summed E-state index contributed by atoms with van der Waals surface area (Å²) in [6.07, 6.45) is 2.86. The smallest absolute Gasteiger partial charge is 0.410 e. The average Bonchev–Trinajstić information content (AvgIpc) is 2.47. The zero-order valence-electron chi connectivity index (χ0n) is 14.1. The van der Waals surface area contributed by atoms with E-state index in [1.807, 2.05) is 37.8 Å². The molecule has 1 saturated heterocycles. The van der Waals surface area contributed by atoms with Crippen LogP contribution >= 0.6 is 11.6 Å². The van der Waals surface area contributed by atoms with Gasteiger partial charge in [0.05, 0.1) is 0 Å². The molecule has 0 aromatic heterocycles. The molecule has 126 valence electrons. The van der Waals surface area contributed by atoms with Gasteiger partial charge in [-0.15, -0.1) is 0 Å². The summed E-state index contributed by atoms with van der Waals surface area (Å²) >= 11 is 6.06. The van der Waals surface area contributed by atoms with Crippen molar-refractivity contribution in [1.82, 2.24) is 4.90 Å². The predicted molar refractivity (Wildman–Crippen MR) is 93.1 cm³/mol. The number of carbonyl (C=O) groups is 1. The summed E-state index contributed by atoms with van der Waals surface area (Å²) in [6, 6.07) is 6.07. The largest absolute Gasteiger partial charge is 0.444 e. The highest BCUT2D eigenvalue weighted by Crippen LogP contribution is 2.41.